The lowest BCUT2D eigenvalue weighted by Gasteiger charge is -2.07. The van der Waals surface area contributed by atoms with Crippen molar-refractivity contribution in [2.45, 2.75) is 46.0 Å². The van der Waals surface area contributed by atoms with Gasteiger partial charge in [-0.25, -0.2) is 0 Å². The Morgan fingerprint density at radius 2 is 1.31 bits per heavy atom. The molecule has 0 aliphatic rings. The van der Waals surface area contributed by atoms with Crippen molar-refractivity contribution in [2.24, 2.45) is 0 Å². The molecule has 0 N–H and O–H groups in total. The molecule has 0 saturated heterocycles. The number of hydrogen-bond donors (Lipinski definition) is 0. The maximum absolute atomic E-state index is 12.5. The summed E-state index contributed by atoms with van der Waals surface area (Å²) in [6.45, 7) is 4.25. The van der Waals surface area contributed by atoms with Crippen molar-refractivity contribution in [1.82, 2.24) is 0 Å². The molecule has 0 aliphatic carbocycles. The van der Waals surface area contributed by atoms with E-state index in [1.807, 2.05) is 12.1 Å². The highest BCUT2D eigenvalue weighted by Crippen LogP contribution is 2.18. The summed E-state index contributed by atoms with van der Waals surface area (Å²) in [7, 11) is 0. The van der Waals surface area contributed by atoms with Crippen LogP contribution in [0.3, 0.4) is 0 Å². The Labute approximate surface area is 155 Å². The van der Waals surface area contributed by atoms with Gasteiger partial charge in [0.05, 0.1) is 6.61 Å². The van der Waals surface area contributed by atoms with Gasteiger partial charge in [-0.15, -0.1) is 0 Å². The minimum Gasteiger partial charge on any atom is -0.494 e. The normalized spacial score (nSPS) is 10.4. The molecule has 4 nitrogen and oxygen atoms in total. The van der Waals surface area contributed by atoms with Crippen LogP contribution in [-0.2, 0) is 4.79 Å². The molecule has 4 heteroatoms. The zero-order valence-electron chi connectivity index (χ0n) is 15.5. The Kier molecular flexibility index (Phi) is 7.87. The van der Waals surface area contributed by atoms with Gasteiger partial charge in [0.15, 0.2) is 5.78 Å². The van der Waals surface area contributed by atoms with Crippen molar-refractivity contribution < 1.29 is 19.1 Å². The highest BCUT2D eigenvalue weighted by atomic mass is 16.5. The molecule has 0 radical (unpaired) electrons. The van der Waals surface area contributed by atoms with E-state index in [0.717, 1.165) is 12.2 Å². The Morgan fingerprint density at radius 1 is 0.769 bits per heavy atom. The smallest absolute Gasteiger partial charge is 0.308 e. The van der Waals surface area contributed by atoms with Crippen LogP contribution in [0.2, 0.25) is 0 Å². The molecule has 0 amide bonds. The summed E-state index contributed by atoms with van der Waals surface area (Å²) in [4.78, 5) is 23.4. The van der Waals surface area contributed by atoms with E-state index < -0.39 is 0 Å². The number of carbonyl (C=O) groups excluding carboxylic acids is 2. The number of benzene rings is 2. The molecule has 0 atom stereocenters. The number of unbranched alkanes of at least 4 members (excludes halogenated alkanes) is 4. The van der Waals surface area contributed by atoms with E-state index in [1.165, 1.54) is 32.6 Å². The molecule has 0 heterocycles. The Bertz CT molecular complexity index is 702. The SMILES string of the molecule is CCCCCCCOc1ccc(C(=O)c2ccc(OC(C)=O)cc2)cc1. The van der Waals surface area contributed by atoms with Crippen LogP contribution in [0.15, 0.2) is 48.5 Å². The fourth-order valence-electron chi connectivity index (χ4n) is 2.61. The van der Waals surface area contributed by atoms with Crippen LogP contribution in [-0.4, -0.2) is 18.4 Å². The van der Waals surface area contributed by atoms with E-state index >= 15 is 0 Å². The molecule has 0 aliphatic heterocycles. The van der Waals surface area contributed by atoms with Crippen molar-refractivity contribution in [3.05, 3.63) is 59.7 Å². The van der Waals surface area contributed by atoms with Gasteiger partial charge >= 0.3 is 5.97 Å². The van der Waals surface area contributed by atoms with Crippen molar-refractivity contribution in [3.8, 4) is 11.5 Å². The van der Waals surface area contributed by atoms with E-state index in [4.69, 9.17) is 9.47 Å². The third-order valence-corrected chi connectivity index (χ3v) is 4.01. The van der Waals surface area contributed by atoms with Gasteiger partial charge in [0, 0.05) is 18.1 Å². The predicted octanol–water partition coefficient (Wildman–Crippen LogP) is 5.19. The summed E-state index contributed by atoms with van der Waals surface area (Å²) in [5.74, 6) is 0.745. The monoisotopic (exact) mass is 354 g/mol. The molecular formula is C22H26O4. The first-order valence-corrected chi connectivity index (χ1v) is 9.16. The van der Waals surface area contributed by atoms with E-state index in [9.17, 15) is 9.59 Å². The lowest BCUT2D eigenvalue weighted by atomic mass is 10.0. The molecule has 2 aromatic rings. The van der Waals surface area contributed by atoms with Crippen LogP contribution < -0.4 is 9.47 Å². The van der Waals surface area contributed by atoms with E-state index in [-0.39, 0.29) is 11.8 Å². The molecule has 0 fully saturated rings. The number of ketones is 1. The molecule has 0 spiro atoms. The van der Waals surface area contributed by atoms with Gasteiger partial charge in [0.25, 0.3) is 0 Å². The van der Waals surface area contributed by atoms with Gasteiger partial charge in [0.2, 0.25) is 0 Å². The second-order valence-electron chi connectivity index (χ2n) is 6.23. The molecule has 0 aromatic heterocycles. The average molecular weight is 354 g/mol. The fourth-order valence-corrected chi connectivity index (χ4v) is 2.61. The Morgan fingerprint density at radius 3 is 1.85 bits per heavy atom. The van der Waals surface area contributed by atoms with E-state index in [0.29, 0.717) is 23.5 Å². The quantitative estimate of drug-likeness (QED) is 0.255. The molecule has 0 bridgehead atoms. The molecule has 26 heavy (non-hydrogen) atoms. The predicted molar refractivity (Wildman–Crippen MR) is 102 cm³/mol. The van der Waals surface area contributed by atoms with Crippen LogP contribution in [0.5, 0.6) is 11.5 Å². The summed E-state index contributed by atoms with van der Waals surface area (Å²) in [6, 6.07) is 13.7. The van der Waals surface area contributed by atoms with Crippen LogP contribution in [0.25, 0.3) is 0 Å². The highest BCUT2D eigenvalue weighted by molar-refractivity contribution is 6.09. The topological polar surface area (TPSA) is 52.6 Å². The maximum atomic E-state index is 12.5. The van der Waals surface area contributed by atoms with Crippen molar-refractivity contribution in [2.75, 3.05) is 6.61 Å². The van der Waals surface area contributed by atoms with Crippen LogP contribution in [0.4, 0.5) is 0 Å². The first-order valence-electron chi connectivity index (χ1n) is 9.16. The summed E-state index contributed by atoms with van der Waals surface area (Å²) in [5.41, 5.74) is 1.14. The standard InChI is InChI=1S/C22H26O4/c1-3-4-5-6-7-16-25-20-12-8-18(9-13-20)22(24)19-10-14-21(15-11-19)26-17(2)23/h8-15H,3-7,16H2,1-2H3. The zero-order chi connectivity index (χ0) is 18.8. The molecule has 0 saturated carbocycles. The van der Waals surface area contributed by atoms with Gasteiger partial charge in [-0.05, 0) is 55.0 Å². The zero-order valence-corrected chi connectivity index (χ0v) is 15.5. The maximum Gasteiger partial charge on any atom is 0.308 e. The number of ether oxygens (including phenoxy) is 2. The van der Waals surface area contributed by atoms with Gasteiger partial charge in [0.1, 0.15) is 11.5 Å². The minimum atomic E-state index is -0.384. The van der Waals surface area contributed by atoms with Gasteiger partial charge in [-0.2, -0.15) is 0 Å². The van der Waals surface area contributed by atoms with Gasteiger partial charge < -0.3 is 9.47 Å². The largest absolute Gasteiger partial charge is 0.494 e. The molecular weight excluding hydrogens is 328 g/mol. The first-order chi connectivity index (χ1) is 12.6. The van der Waals surface area contributed by atoms with Crippen molar-refractivity contribution in [1.29, 1.82) is 0 Å². The highest BCUT2D eigenvalue weighted by Gasteiger charge is 2.10. The first kappa shape index (κ1) is 19.7. The summed E-state index contributed by atoms with van der Waals surface area (Å²) in [5, 5.41) is 0. The minimum absolute atomic E-state index is 0.0782. The van der Waals surface area contributed by atoms with Crippen molar-refractivity contribution >= 4 is 11.8 Å². The van der Waals surface area contributed by atoms with Crippen LogP contribution >= 0.6 is 0 Å². The van der Waals surface area contributed by atoms with Crippen LogP contribution in [0, 0.1) is 0 Å². The molecule has 2 aromatic carbocycles. The third kappa shape index (κ3) is 6.36. The lowest BCUT2D eigenvalue weighted by Crippen LogP contribution is -2.04. The average Bonchev–Trinajstić information content (AvgIpc) is 2.65. The van der Waals surface area contributed by atoms with Crippen molar-refractivity contribution in [3.63, 3.8) is 0 Å². The number of carbonyl (C=O) groups is 2. The second-order valence-corrected chi connectivity index (χ2v) is 6.23. The van der Waals surface area contributed by atoms with E-state index in [1.54, 1.807) is 36.4 Å². The van der Waals surface area contributed by atoms with Crippen LogP contribution in [0.1, 0.15) is 61.9 Å². The number of rotatable bonds is 10. The second kappa shape index (κ2) is 10.4. The van der Waals surface area contributed by atoms with E-state index in [2.05, 4.69) is 6.92 Å². The Balaban J connectivity index is 1.87. The third-order valence-electron chi connectivity index (χ3n) is 4.01. The fraction of sp³-hybridized carbons (Fsp3) is 0.364. The molecule has 138 valence electrons. The number of esters is 1. The molecule has 2 rings (SSSR count). The lowest BCUT2D eigenvalue weighted by molar-refractivity contribution is -0.131. The molecule has 0 unspecified atom stereocenters. The van der Waals surface area contributed by atoms with Gasteiger partial charge in [-0.3, -0.25) is 9.59 Å². The van der Waals surface area contributed by atoms with Gasteiger partial charge in [-0.1, -0.05) is 32.6 Å². The number of hydrogen-bond acceptors (Lipinski definition) is 4. The Hall–Kier alpha value is -2.62. The summed E-state index contributed by atoms with van der Waals surface area (Å²) < 4.78 is 10.7. The summed E-state index contributed by atoms with van der Waals surface area (Å²) >= 11 is 0. The summed E-state index contributed by atoms with van der Waals surface area (Å²) in [6.07, 6.45) is 6.01.